The Hall–Kier alpha value is -1.94. The molecule has 0 amide bonds. The van der Waals surface area contributed by atoms with Crippen LogP contribution >= 0.6 is 0 Å². The lowest BCUT2D eigenvalue weighted by Gasteiger charge is -2.27. The number of carbonyl (C=O) groups excluding carboxylic acids is 2. The summed E-state index contributed by atoms with van der Waals surface area (Å²) >= 11 is 0. The normalized spacial score (nSPS) is 19.3. The largest absolute Gasteiger partial charge is 0.380 e. The Labute approximate surface area is 131 Å². The maximum absolute atomic E-state index is 12.6. The molecule has 1 aliphatic heterocycles. The van der Waals surface area contributed by atoms with Crippen molar-refractivity contribution < 1.29 is 9.59 Å². The van der Waals surface area contributed by atoms with Gasteiger partial charge in [-0.1, -0.05) is 30.7 Å². The van der Waals surface area contributed by atoms with Gasteiger partial charge in [-0.05, 0) is 32.9 Å². The molecule has 1 saturated heterocycles. The third-order valence-corrected chi connectivity index (χ3v) is 4.54. The molecule has 22 heavy (non-hydrogen) atoms. The van der Waals surface area contributed by atoms with Crippen LogP contribution in [0.1, 0.15) is 46.9 Å². The molecule has 1 aromatic rings. The molecule has 0 spiro atoms. The topological polar surface area (TPSA) is 49.4 Å². The van der Waals surface area contributed by atoms with E-state index in [1.54, 1.807) is 31.2 Å². The molecule has 2 aliphatic rings. The number of Topliss-reactive ketones (excluding diaryl/α,β-unsaturated/α-hetero) is 2. The van der Waals surface area contributed by atoms with Crippen LogP contribution in [0.3, 0.4) is 0 Å². The van der Waals surface area contributed by atoms with Gasteiger partial charge in [-0.2, -0.15) is 0 Å². The van der Waals surface area contributed by atoms with Crippen molar-refractivity contribution in [3.05, 3.63) is 46.7 Å². The molecule has 1 aromatic carbocycles. The fourth-order valence-electron chi connectivity index (χ4n) is 3.23. The lowest BCUT2D eigenvalue weighted by Crippen LogP contribution is -2.38. The van der Waals surface area contributed by atoms with E-state index < -0.39 is 0 Å². The monoisotopic (exact) mass is 298 g/mol. The number of hydrogen-bond donors (Lipinski definition) is 1. The van der Waals surface area contributed by atoms with Gasteiger partial charge >= 0.3 is 0 Å². The Bertz CT molecular complexity index is 628. The molecule has 0 radical (unpaired) electrons. The molecular formula is C18H22N2O2. The fraction of sp³-hybridized carbons (Fsp3) is 0.444. The third-order valence-electron chi connectivity index (χ3n) is 4.54. The van der Waals surface area contributed by atoms with Gasteiger partial charge < -0.3 is 10.2 Å². The van der Waals surface area contributed by atoms with E-state index in [1.165, 1.54) is 19.3 Å². The summed E-state index contributed by atoms with van der Waals surface area (Å²) < 4.78 is 0. The van der Waals surface area contributed by atoms with Gasteiger partial charge in [-0.15, -0.1) is 0 Å². The molecule has 0 atom stereocenters. The van der Waals surface area contributed by atoms with E-state index in [9.17, 15) is 9.59 Å². The molecule has 1 fully saturated rings. The number of likely N-dealkylation sites (tertiary alicyclic amines) is 1. The van der Waals surface area contributed by atoms with Crippen molar-refractivity contribution in [1.82, 2.24) is 10.2 Å². The number of nitrogens with zero attached hydrogens (tertiary/aromatic N) is 1. The maximum atomic E-state index is 12.6. The Balaban J connectivity index is 1.69. The van der Waals surface area contributed by atoms with Crippen molar-refractivity contribution in [2.24, 2.45) is 0 Å². The van der Waals surface area contributed by atoms with Crippen molar-refractivity contribution in [3.63, 3.8) is 0 Å². The van der Waals surface area contributed by atoms with Crippen molar-refractivity contribution >= 4 is 11.6 Å². The molecule has 0 bridgehead atoms. The Morgan fingerprint density at radius 1 is 1.00 bits per heavy atom. The minimum atomic E-state index is -0.0636. The number of carbonyl (C=O) groups is 2. The minimum absolute atomic E-state index is 0.0457. The molecule has 0 unspecified atom stereocenters. The summed E-state index contributed by atoms with van der Waals surface area (Å²) in [6.07, 6.45) is 3.83. The number of rotatable bonds is 4. The minimum Gasteiger partial charge on any atom is -0.380 e. The molecule has 4 heteroatoms. The van der Waals surface area contributed by atoms with Gasteiger partial charge in [-0.25, -0.2) is 0 Å². The number of ketones is 2. The quantitative estimate of drug-likeness (QED) is 0.927. The SMILES string of the molecule is CC1=C(NCCN2CCCCC2)C(=O)c2ccccc2C1=O. The van der Waals surface area contributed by atoms with E-state index in [0.717, 1.165) is 19.6 Å². The Morgan fingerprint density at radius 3 is 2.32 bits per heavy atom. The van der Waals surface area contributed by atoms with Gasteiger partial charge in [0.15, 0.2) is 5.78 Å². The van der Waals surface area contributed by atoms with Crippen LogP contribution in [0.15, 0.2) is 35.5 Å². The van der Waals surface area contributed by atoms with Crippen LogP contribution < -0.4 is 5.32 Å². The first-order valence-corrected chi connectivity index (χ1v) is 8.04. The molecule has 1 N–H and O–H groups in total. The van der Waals surface area contributed by atoms with E-state index >= 15 is 0 Å². The van der Waals surface area contributed by atoms with Gasteiger partial charge in [0.25, 0.3) is 0 Å². The molecule has 116 valence electrons. The number of fused-ring (bicyclic) bond motifs is 1. The standard InChI is InChI=1S/C18H22N2O2/c1-13-16(19-9-12-20-10-5-2-6-11-20)18(22)15-8-4-3-7-14(15)17(13)21/h3-4,7-8,19H,2,5-6,9-12H2,1H3. The second-order valence-electron chi connectivity index (χ2n) is 6.03. The summed E-state index contributed by atoms with van der Waals surface area (Å²) in [5, 5.41) is 3.21. The first-order chi connectivity index (χ1) is 10.7. The molecule has 1 aliphatic carbocycles. The van der Waals surface area contributed by atoms with Crippen LogP contribution in [-0.4, -0.2) is 42.6 Å². The van der Waals surface area contributed by atoms with Crippen molar-refractivity contribution in [2.45, 2.75) is 26.2 Å². The van der Waals surface area contributed by atoms with E-state index in [-0.39, 0.29) is 11.6 Å². The highest BCUT2D eigenvalue weighted by molar-refractivity contribution is 6.26. The van der Waals surface area contributed by atoms with Gasteiger partial charge in [0, 0.05) is 29.8 Å². The van der Waals surface area contributed by atoms with Crippen molar-refractivity contribution in [1.29, 1.82) is 0 Å². The molecule has 4 nitrogen and oxygen atoms in total. The Morgan fingerprint density at radius 2 is 1.64 bits per heavy atom. The first kappa shape index (κ1) is 15.0. The van der Waals surface area contributed by atoms with Crippen LogP contribution in [0, 0.1) is 0 Å². The van der Waals surface area contributed by atoms with E-state index in [2.05, 4.69) is 10.2 Å². The highest BCUT2D eigenvalue weighted by Gasteiger charge is 2.29. The number of benzene rings is 1. The van der Waals surface area contributed by atoms with E-state index in [1.807, 2.05) is 0 Å². The predicted molar refractivity (Wildman–Crippen MR) is 86.1 cm³/mol. The van der Waals surface area contributed by atoms with E-state index in [0.29, 0.717) is 28.9 Å². The van der Waals surface area contributed by atoms with Crippen molar-refractivity contribution in [3.8, 4) is 0 Å². The van der Waals surface area contributed by atoms with Gasteiger partial charge in [-0.3, -0.25) is 9.59 Å². The second-order valence-corrected chi connectivity index (χ2v) is 6.03. The average molecular weight is 298 g/mol. The number of piperidine rings is 1. The number of hydrogen-bond acceptors (Lipinski definition) is 4. The highest BCUT2D eigenvalue weighted by Crippen LogP contribution is 2.24. The van der Waals surface area contributed by atoms with Crippen LogP contribution in [0.4, 0.5) is 0 Å². The van der Waals surface area contributed by atoms with Crippen molar-refractivity contribution in [2.75, 3.05) is 26.2 Å². The zero-order valence-corrected chi connectivity index (χ0v) is 13.0. The zero-order valence-electron chi connectivity index (χ0n) is 13.0. The molecule has 1 heterocycles. The summed E-state index contributed by atoms with van der Waals surface area (Å²) in [5.74, 6) is -0.109. The molecule has 0 aromatic heterocycles. The third kappa shape index (κ3) is 2.83. The van der Waals surface area contributed by atoms with E-state index in [4.69, 9.17) is 0 Å². The lowest BCUT2D eigenvalue weighted by atomic mass is 9.88. The molecular weight excluding hydrogens is 276 g/mol. The zero-order chi connectivity index (χ0) is 15.5. The van der Waals surface area contributed by atoms with Gasteiger partial charge in [0.1, 0.15) is 0 Å². The summed E-state index contributed by atoms with van der Waals surface area (Å²) in [6, 6.07) is 7.06. The van der Waals surface area contributed by atoms with Gasteiger partial charge in [0.2, 0.25) is 5.78 Å². The second kappa shape index (κ2) is 6.44. The lowest BCUT2D eigenvalue weighted by molar-refractivity contribution is 0.0968. The number of nitrogens with one attached hydrogen (secondary N) is 1. The van der Waals surface area contributed by atoms with Crippen LogP contribution in [0.25, 0.3) is 0 Å². The molecule has 0 saturated carbocycles. The van der Waals surface area contributed by atoms with Gasteiger partial charge in [0.05, 0.1) is 5.70 Å². The smallest absolute Gasteiger partial charge is 0.209 e. The molecule has 3 rings (SSSR count). The fourth-order valence-corrected chi connectivity index (χ4v) is 3.23. The van der Waals surface area contributed by atoms with Crippen LogP contribution in [0.5, 0.6) is 0 Å². The first-order valence-electron chi connectivity index (χ1n) is 8.04. The predicted octanol–water partition coefficient (Wildman–Crippen LogP) is 2.42. The summed E-state index contributed by atoms with van der Waals surface area (Å²) in [4.78, 5) is 27.4. The summed E-state index contributed by atoms with van der Waals surface area (Å²) in [7, 11) is 0. The summed E-state index contributed by atoms with van der Waals surface area (Å²) in [5.41, 5.74) is 2.04. The van der Waals surface area contributed by atoms with Crippen LogP contribution in [0.2, 0.25) is 0 Å². The number of allylic oxidation sites excluding steroid dienone is 2. The maximum Gasteiger partial charge on any atom is 0.209 e. The summed E-state index contributed by atoms with van der Waals surface area (Å²) in [6.45, 7) is 5.62. The van der Waals surface area contributed by atoms with Crippen LogP contribution in [-0.2, 0) is 0 Å². The Kier molecular flexibility index (Phi) is 4.39. The highest BCUT2D eigenvalue weighted by atomic mass is 16.1. The average Bonchev–Trinajstić information content (AvgIpc) is 2.57.